The van der Waals surface area contributed by atoms with Gasteiger partial charge in [0.1, 0.15) is 6.54 Å². The summed E-state index contributed by atoms with van der Waals surface area (Å²) in [5.41, 5.74) is 3.23. The van der Waals surface area contributed by atoms with Crippen LogP contribution in [0, 0.1) is 0 Å². The molecule has 1 amide bonds. The number of aromatic nitrogens is 4. The number of sulfonamides is 1. The maximum absolute atomic E-state index is 13.2. The quantitative estimate of drug-likeness (QED) is 0.568. The van der Waals surface area contributed by atoms with Crippen LogP contribution in [0.5, 0.6) is 0 Å². The number of amides is 1. The Morgan fingerprint density at radius 3 is 2.39 bits per heavy atom. The number of hydrogen-bond acceptors (Lipinski definition) is 6. The number of benzene rings is 2. The summed E-state index contributed by atoms with van der Waals surface area (Å²) in [4.78, 5) is 16.0. The largest absolute Gasteiger partial charge is 0.338 e. The number of carbonyl (C=O) groups is 1. The molecule has 0 radical (unpaired) electrons. The molecule has 33 heavy (non-hydrogen) atoms. The highest BCUT2D eigenvalue weighted by Gasteiger charge is 2.31. The number of nitrogens with zero attached hydrogens (tertiary/aromatic N) is 6. The first-order valence-electron chi connectivity index (χ1n) is 11.2. The number of aryl methyl sites for hydroxylation is 2. The summed E-state index contributed by atoms with van der Waals surface area (Å²) in [6, 6.07) is 15.0. The van der Waals surface area contributed by atoms with Gasteiger partial charge in [-0.3, -0.25) is 4.79 Å². The zero-order chi connectivity index (χ0) is 22.8. The van der Waals surface area contributed by atoms with Gasteiger partial charge < -0.3 is 4.90 Å². The van der Waals surface area contributed by atoms with Crippen molar-refractivity contribution in [1.29, 1.82) is 0 Å². The highest BCUT2D eigenvalue weighted by atomic mass is 32.2. The van der Waals surface area contributed by atoms with Crippen molar-refractivity contribution >= 4 is 15.9 Å². The summed E-state index contributed by atoms with van der Waals surface area (Å²) >= 11 is 0. The van der Waals surface area contributed by atoms with Crippen LogP contribution in [-0.4, -0.2) is 69.9 Å². The van der Waals surface area contributed by atoms with Gasteiger partial charge in [0.15, 0.2) is 0 Å². The molecule has 5 rings (SSSR count). The molecule has 2 aliphatic rings. The van der Waals surface area contributed by atoms with Gasteiger partial charge in [-0.05, 0) is 54.2 Å². The van der Waals surface area contributed by atoms with Crippen LogP contribution < -0.4 is 0 Å². The standard InChI is InChI=1S/C23H26N6O3S/c30-22(17-29-25-23(24-26-29)19-7-2-1-3-8-19)27-12-14-28(15-13-27)33(31,32)21-11-10-18-6-4-5-9-20(18)16-21/h1-3,7-8,10-11,16H,4-6,9,12-15,17H2. The first-order valence-corrected chi connectivity index (χ1v) is 12.7. The Morgan fingerprint density at radius 2 is 1.64 bits per heavy atom. The molecule has 0 N–H and O–H groups in total. The van der Waals surface area contributed by atoms with E-state index in [9.17, 15) is 13.2 Å². The summed E-state index contributed by atoms with van der Waals surface area (Å²) in [6.07, 6.45) is 4.21. The van der Waals surface area contributed by atoms with Crippen molar-refractivity contribution in [3.8, 4) is 11.4 Å². The molecule has 3 aromatic rings. The molecule has 2 heterocycles. The number of piperazine rings is 1. The molecule has 1 aliphatic carbocycles. The lowest BCUT2D eigenvalue weighted by Crippen LogP contribution is -2.51. The van der Waals surface area contributed by atoms with Crippen molar-refractivity contribution in [2.45, 2.75) is 37.1 Å². The monoisotopic (exact) mass is 466 g/mol. The molecule has 2 aromatic carbocycles. The van der Waals surface area contributed by atoms with E-state index in [4.69, 9.17) is 0 Å². The summed E-state index contributed by atoms with van der Waals surface area (Å²) in [5, 5.41) is 12.3. The summed E-state index contributed by atoms with van der Waals surface area (Å²) in [7, 11) is -3.58. The minimum Gasteiger partial charge on any atom is -0.338 e. The second kappa shape index (κ2) is 9.03. The molecule has 1 fully saturated rings. The van der Waals surface area contributed by atoms with E-state index in [1.54, 1.807) is 11.0 Å². The minimum absolute atomic E-state index is 0.0304. The Kier molecular flexibility index (Phi) is 5.94. The van der Waals surface area contributed by atoms with E-state index in [1.807, 2.05) is 42.5 Å². The average molecular weight is 467 g/mol. The fraction of sp³-hybridized carbons (Fsp3) is 0.391. The van der Waals surface area contributed by atoms with E-state index in [0.29, 0.717) is 23.8 Å². The van der Waals surface area contributed by atoms with Crippen LogP contribution in [0.1, 0.15) is 24.0 Å². The Hall–Kier alpha value is -3.11. The highest BCUT2D eigenvalue weighted by Crippen LogP contribution is 2.26. The van der Waals surface area contributed by atoms with E-state index in [-0.39, 0.29) is 25.5 Å². The molecule has 0 atom stereocenters. The van der Waals surface area contributed by atoms with Crippen molar-refractivity contribution in [3.05, 3.63) is 59.7 Å². The number of tetrazole rings is 1. The van der Waals surface area contributed by atoms with Crippen LogP contribution in [-0.2, 0) is 34.2 Å². The van der Waals surface area contributed by atoms with Gasteiger partial charge in [0.25, 0.3) is 0 Å². The van der Waals surface area contributed by atoms with Gasteiger partial charge in [0.05, 0.1) is 4.90 Å². The fourth-order valence-electron chi connectivity index (χ4n) is 4.43. The first kappa shape index (κ1) is 21.7. The van der Waals surface area contributed by atoms with Crippen molar-refractivity contribution in [3.63, 3.8) is 0 Å². The van der Waals surface area contributed by atoms with Gasteiger partial charge in [-0.2, -0.15) is 9.10 Å². The van der Waals surface area contributed by atoms with Crippen molar-refractivity contribution in [2.75, 3.05) is 26.2 Å². The Morgan fingerprint density at radius 1 is 0.909 bits per heavy atom. The number of fused-ring (bicyclic) bond motifs is 1. The molecule has 0 unspecified atom stereocenters. The van der Waals surface area contributed by atoms with Gasteiger partial charge in [0.2, 0.25) is 21.8 Å². The number of hydrogen-bond donors (Lipinski definition) is 0. The van der Waals surface area contributed by atoms with Gasteiger partial charge in [-0.1, -0.05) is 36.4 Å². The summed E-state index contributed by atoms with van der Waals surface area (Å²) < 4.78 is 27.8. The summed E-state index contributed by atoms with van der Waals surface area (Å²) in [6.45, 7) is 1.18. The predicted octanol–water partition coefficient (Wildman–Crippen LogP) is 1.75. The third-order valence-electron chi connectivity index (χ3n) is 6.31. The topological polar surface area (TPSA) is 101 Å². The van der Waals surface area contributed by atoms with Gasteiger partial charge >= 0.3 is 0 Å². The normalized spacial score (nSPS) is 17.0. The molecule has 0 spiro atoms. The minimum atomic E-state index is -3.58. The second-order valence-electron chi connectivity index (χ2n) is 8.43. The maximum atomic E-state index is 13.2. The van der Waals surface area contributed by atoms with Gasteiger partial charge in [0, 0.05) is 31.7 Å². The molecule has 0 bridgehead atoms. The molecule has 1 aliphatic heterocycles. The Labute approximate surface area is 193 Å². The number of rotatable bonds is 5. The lowest BCUT2D eigenvalue weighted by molar-refractivity contribution is -0.133. The SMILES string of the molecule is O=C(Cn1nnc(-c2ccccc2)n1)N1CCN(S(=O)(=O)c2ccc3c(c2)CCCC3)CC1. The average Bonchev–Trinajstić information content (AvgIpc) is 3.33. The first-order chi connectivity index (χ1) is 16.0. The molecule has 0 saturated carbocycles. The number of carbonyl (C=O) groups excluding carboxylic acids is 1. The zero-order valence-corrected chi connectivity index (χ0v) is 19.1. The third kappa shape index (κ3) is 4.53. The second-order valence-corrected chi connectivity index (χ2v) is 10.4. The van der Waals surface area contributed by atoms with Gasteiger partial charge in [-0.25, -0.2) is 8.42 Å². The van der Waals surface area contributed by atoms with E-state index in [0.717, 1.165) is 36.8 Å². The summed E-state index contributed by atoms with van der Waals surface area (Å²) in [5.74, 6) is 0.308. The maximum Gasteiger partial charge on any atom is 0.246 e. The fourth-order valence-corrected chi connectivity index (χ4v) is 5.90. The Balaban J connectivity index is 1.20. The molecule has 9 nitrogen and oxygen atoms in total. The van der Waals surface area contributed by atoms with Crippen molar-refractivity contribution in [1.82, 2.24) is 29.4 Å². The molecule has 172 valence electrons. The Bertz CT molecular complexity index is 1250. The molecular weight excluding hydrogens is 440 g/mol. The smallest absolute Gasteiger partial charge is 0.246 e. The van der Waals surface area contributed by atoms with Crippen LogP contribution in [0.4, 0.5) is 0 Å². The van der Waals surface area contributed by atoms with E-state index < -0.39 is 10.0 Å². The molecule has 1 aromatic heterocycles. The van der Waals surface area contributed by atoms with Crippen LogP contribution in [0.3, 0.4) is 0 Å². The molecule has 1 saturated heterocycles. The van der Waals surface area contributed by atoms with Crippen LogP contribution >= 0.6 is 0 Å². The van der Waals surface area contributed by atoms with E-state index in [1.165, 1.54) is 14.7 Å². The van der Waals surface area contributed by atoms with Crippen LogP contribution in [0.25, 0.3) is 11.4 Å². The highest BCUT2D eigenvalue weighted by molar-refractivity contribution is 7.89. The lowest BCUT2D eigenvalue weighted by Gasteiger charge is -2.34. The van der Waals surface area contributed by atoms with E-state index in [2.05, 4.69) is 15.4 Å². The molecule has 10 heteroatoms. The van der Waals surface area contributed by atoms with E-state index >= 15 is 0 Å². The predicted molar refractivity (Wildman–Crippen MR) is 122 cm³/mol. The van der Waals surface area contributed by atoms with Crippen LogP contribution in [0.2, 0.25) is 0 Å². The zero-order valence-electron chi connectivity index (χ0n) is 18.3. The lowest BCUT2D eigenvalue weighted by atomic mass is 9.92. The van der Waals surface area contributed by atoms with Gasteiger partial charge in [-0.15, -0.1) is 10.2 Å². The van der Waals surface area contributed by atoms with Crippen LogP contribution in [0.15, 0.2) is 53.4 Å². The van der Waals surface area contributed by atoms with Crippen molar-refractivity contribution < 1.29 is 13.2 Å². The molecular formula is C23H26N6O3S. The third-order valence-corrected chi connectivity index (χ3v) is 8.21. The van der Waals surface area contributed by atoms with Crippen molar-refractivity contribution in [2.24, 2.45) is 0 Å².